The summed E-state index contributed by atoms with van der Waals surface area (Å²) in [5.74, 6) is 1.40. The molecule has 0 radical (unpaired) electrons. The summed E-state index contributed by atoms with van der Waals surface area (Å²) in [7, 11) is 1.57. The second-order valence-corrected chi connectivity index (χ2v) is 7.57. The van der Waals surface area contributed by atoms with E-state index in [4.69, 9.17) is 16.3 Å². The molecule has 3 rings (SSSR count). The molecule has 0 aliphatic carbocycles. The molecule has 0 bridgehead atoms. The lowest BCUT2D eigenvalue weighted by atomic mass is 10.3. The molecular formula is C21H22ClN5O2S. The molecule has 30 heavy (non-hydrogen) atoms. The number of carbonyl (C=O) groups excluding carboxylic acids is 1. The van der Waals surface area contributed by atoms with Crippen molar-refractivity contribution in [2.45, 2.75) is 18.2 Å². The fraction of sp³-hybridized carbons (Fsp3) is 0.190. The predicted molar refractivity (Wildman–Crippen MR) is 121 cm³/mol. The van der Waals surface area contributed by atoms with Crippen molar-refractivity contribution < 1.29 is 9.53 Å². The zero-order valence-electron chi connectivity index (χ0n) is 16.5. The highest BCUT2D eigenvalue weighted by Gasteiger charge is 2.14. The Balaban J connectivity index is 1.62. The number of allylic oxidation sites excluding steroid dienone is 1. The third-order valence-electron chi connectivity index (χ3n) is 4.11. The van der Waals surface area contributed by atoms with Crippen LogP contribution in [0.5, 0.6) is 5.75 Å². The molecule has 0 aliphatic heterocycles. The summed E-state index contributed by atoms with van der Waals surface area (Å²) in [6, 6.07) is 14.7. The van der Waals surface area contributed by atoms with Crippen LogP contribution in [0.15, 0.2) is 66.3 Å². The van der Waals surface area contributed by atoms with Gasteiger partial charge in [0.25, 0.3) is 0 Å². The van der Waals surface area contributed by atoms with Crippen molar-refractivity contribution in [1.29, 1.82) is 0 Å². The predicted octanol–water partition coefficient (Wildman–Crippen LogP) is 4.47. The van der Waals surface area contributed by atoms with Crippen LogP contribution in [0, 0.1) is 0 Å². The third-order valence-corrected chi connectivity index (χ3v) is 5.33. The van der Waals surface area contributed by atoms with Gasteiger partial charge in [-0.2, -0.15) is 0 Å². The van der Waals surface area contributed by atoms with E-state index < -0.39 is 0 Å². The Hall–Kier alpha value is -2.97. The highest BCUT2D eigenvalue weighted by Crippen LogP contribution is 2.24. The van der Waals surface area contributed by atoms with Crippen molar-refractivity contribution in [3.05, 3.63) is 72.0 Å². The number of halogens is 1. The van der Waals surface area contributed by atoms with Gasteiger partial charge in [-0.1, -0.05) is 41.6 Å². The van der Waals surface area contributed by atoms with Crippen LogP contribution in [0.3, 0.4) is 0 Å². The van der Waals surface area contributed by atoms with E-state index >= 15 is 0 Å². The summed E-state index contributed by atoms with van der Waals surface area (Å²) < 4.78 is 7.19. The average Bonchev–Trinajstić information content (AvgIpc) is 3.14. The lowest BCUT2D eigenvalue weighted by Crippen LogP contribution is -2.15. The number of ether oxygens (including phenoxy) is 1. The molecule has 7 nitrogen and oxygen atoms in total. The molecule has 0 atom stereocenters. The molecule has 1 amide bonds. The molecule has 2 N–H and O–H groups in total. The highest BCUT2D eigenvalue weighted by atomic mass is 35.5. The molecule has 1 aromatic heterocycles. The normalized spacial score (nSPS) is 10.5. The highest BCUT2D eigenvalue weighted by molar-refractivity contribution is 7.99. The number of nitrogens with zero attached hydrogens (tertiary/aromatic N) is 3. The van der Waals surface area contributed by atoms with Gasteiger partial charge in [-0.3, -0.25) is 4.79 Å². The Bertz CT molecular complexity index is 1010. The van der Waals surface area contributed by atoms with Gasteiger partial charge in [0.2, 0.25) is 5.91 Å². The van der Waals surface area contributed by atoms with Gasteiger partial charge >= 0.3 is 0 Å². The minimum absolute atomic E-state index is 0.154. The summed E-state index contributed by atoms with van der Waals surface area (Å²) >= 11 is 7.23. The van der Waals surface area contributed by atoms with Crippen molar-refractivity contribution in [3.63, 3.8) is 0 Å². The van der Waals surface area contributed by atoms with Crippen LogP contribution >= 0.6 is 23.4 Å². The zero-order chi connectivity index (χ0) is 21.3. The van der Waals surface area contributed by atoms with Gasteiger partial charge in [0, 0.05) is 17.3 Å². The van der Waals surface area contributed by atoms with Gasteiger partial charge in [0.05, 0.1) is 25.1 Å². The summed E-state index contributed by atoms with van der Waals surface area (Å²) in [5.41, 5.74) is 1.56. The van der Waals surface area contributed by atoms with Crippen molar-refractivity contribution in [2.75, 3.05) is 23.5 Å². The monoisotopic (exact) mass is 443 g/mol. The number of amides is 1. The van der Waals surface area contributed by atoms with Crippen molar-refractivity contribution >= 4 is 40.6 Å². The van der Waals surface area contributed by atoms with Gasteiger partial charge in [-0.15, -0.1) is 16.8 Å². The molecular weight excluding hydrogens is 422 g/mol. The van der Waals surface area contributed by atoms with Crippen LogP contribution in [-0.2, 0) is 17.9 Å². The van der Waals surface area contributed by atoms with Crippen molar-refractivity contribution in [3.8, 4) is 5.75 Å². The Morgan fingerprint density at radius 2 is 2.00 bits per heavy atom. The molecule has 0 saturated heterocycles. The zero-order valence-corrected chi connectivity index (χ0v) is 18.0. The van der Waals surface area contributed by atoms with Crippen molar-refractivity contribution in [1.82, 2.24) is 14.8 Å². The Kier molecular flexibility index (Phi) is 7.75. The number of anilines is 2. The molecule has 0 saturated carbocycles. The topological polar surface area (TPSA) is 81.1 Å². The van der Waals surface area contributed by atoms with Crippen molar-refractivity contribution in [2.24, 2.45) is 0 Å². The summed E-state index contributed by atoms with van der Waals surface area (Å²) in [6.07, 6.45) is 1.77. The molecule has 9 heteroatoms. The summed E-state index contributed by atoms with van der Waals surface area (Å²) in [5, 5.41) is 16.0. The molecule has 0 aliphatic rings. The Labute approximate surface area is 184 Å². The van der Waals surface area contributed by atoms with Crippen LogP contribution in [0.25, 0.3) is 0 Å². The van der Waals surface area contributed by atoms with Gasteiger partial charge in [-0.25, -0.2) is 0 Å². The standard InChI is InChI=1S/C21H22ClN5O2S/c1-3-12-27-19(13-23-16-10-8-15(22)9-11-16)25-26-21(27)30-14-20(28)24-17-6-4-5-7-18(17)29-2/h3-11,23H,1,12-14H2,2H3,(H,24,28). The first kappa shape index (κ1) is 21.7. The lowest BCUT2D eigenvalue weighted by molar-refractivity contribution is -0.113. The first-order valence-corrected chi connectivity index (χ1v) is 10.5. The van der Waals surface area contributed by atoms with E-state index in [0.717, 1.165) is 11.5 Å². The third kappa shape index (κ3) is 5.77. The maximum atomic E-state index is 12.4. The fourth-order valence-electron chi connectivity index (χ4n) is 2.68. The van der Waals surface area contributed by atoms with Crippen LogP contribution in [0.2, 0.25) is 5.02 Å². The van der Waals surface area contributed by atoms with E-state index in [9.17, 15) is 4.79 Å². The minimum Gasteiger partial charge on any atom is -0.495 e. The smallest absolute Gasteiger partial charge is 0.234 e. The van der Waals surface area contributed by atoms with Crippen LogP contribution in [0.1, 0.15) is 5.82 Å². The summed E-state index contributed by atoms with van der Waals surface area (Å²) in [4.78, 5) is 12.4. The molecule has 1 heterocycles. The molecule has 0 fully saturated rings. The number of hydrogen-bond donors (Lipinski definition) is 2. The van der Waals surface area contributed by atoms with E-state index in [1.165, 1.54) is 11.8 Å². The SMILES string of the molecule is C=CCn1c(CNc2ccc(Cl)cc2)nnc1SCC(=O)Nc1ccccc1OC. The second kappa shape index (κ2) is 10.7. The molecule has 156 valence electrons. The number of aromatic nitrogens is 3. The maximum Gasteiger partial charge on any atom is 0.234 e. The Morgan fingerprint density at radius 3 is 2.73 bits per heavy atom. The number of methoxy groups -OCH3 is 1. The minimum atomic E-state index is -0.154. The van der Waals surface area contributed by atoms with Crippen LogP contribution < -0.4 is 15.4 Å². The first-order valence-electron chi connectivity index (χ1n) is 9.18. The fourth-order valence-corrected chi connectivity index (χ4v) is 3.57. The first-order chi connectivity index (χ1) is 14.6. The van der Waals surface area contributed by atoms with Crippen LogP contribution in [-0.4, -0.2) is 33.5 Å². The van der Waals surface area contributed by atoms with E-state index in [-0.39, 0.29) is 11.7 Å². The van der Waals surface area contributed by atoms with E-state index in [1.807, 2.05) is 41.0 Å². The number of nitrogens with one attached hydrogen (secondary N) is 2. The molecule has 0 unspecified atom stereocenters. The average molecular weight is 444 g/mol. The van der Waals surface area contributed by atoms with E-state index in [2.05, 4.69) is 27.4 Å². The number of para-hydroxylation sites is 2. The number of benzene rings is 2. The largest absolute Gasteiger partial charge is 0.495 e. The van der Waals surface area contributed by atoms with Gasteiger partial charge in [-0.05, 0) is 36.4 Å². The lowest BCUT2D eigenvalue weighted by Gasteiger charge is -2.11. The maximum absolute atomic E-state index is 12.4. The second-order valence-electron chi connectivity index (χ2n) is 6.20. The molecule has 0 spiro atoms. The molecule has 2 aromatic carbocycles. The van der Waals surface area contributed by atoms with E-state index in [1.54, 1.807) is 25.3 Å². The Morgan fingerprint density at radius 1 is 1.23 bits per heavy atom. The van der Waals surface area contributed by atoms with Gasteiger partial charge < -0.3 is 19.9 Å². The van der Waals surface area contributed by atoms with Gasteiger partial charge in [0.1, 0.15) is 5.75 Å². The number of carbonyl (C=O) groups is 1. The van der Waals surface area contributed by atoms with Gasteiger partial charge in [0.15, 0.2) is 11.0 Å². The van der Waals surface area contributed by atoms with E-state index in [0.29, 0.717) is 34.7 Å². The molecule has 3 aromatic rings. The number of thioether (sulfide) groups is 1. The summed E-state index contributed by atoms with van der Waals surface area (Å²) in [6.45, 7) is 4.83. The van der Waals surface area contributed by atoms with Crippen LogP contribution in [0.4, 0.5) is 11.4 Å². The number of rotatable bonds is 10. The quantitative estimate of drug-likeness (QED) is 0.355. The number of hydrogen-bond acceptors (Lipinski definition) is 6.